The molecule has 4 aromatic rings. The highest BCUT2D eigenvalue weighted by atomic mass is 35.5. The van der Waals surface area contributed by atoms with Gasteiger partial charge in [0.15, 0.2) is 5.75 Å². The van der Waals surface area contributed by atoms with Gasteiger partial charge in [0.25, 0.3) is 11.1 Å². The number of fused-ring (bicyclic) bond motifs is 1. The van der Waals surface area contributed by atoms with Crippen molar-refractivity contribution in [3.05, 3.63) is 111 Å². The molecule has 196 valence electrons. The van der Waals surface area contributed by atoms with Crippen molar-refractivity contribution >= 4 is 74.6 Å². The maximum Gasteiger partial charge on any atom is 0.294 e. The summed E-state index contributed by atoms with van der Waals surface area (Å²) < 4.78 is 19.0. The van der Waals surface area contributed by atoms with E-state index in [1.54, 1.807) is 12.1 Å². The topological polar surface area (TPSA) is 75.7 Å². The van der Waals surface area contributed by atoms with Crippen LogP contribution in [0.15, 0.2) is 83.8 Å². The van der Waals surface area contributed by atoms with Gasteiger partial charge in [0, 0.05) is 5.69 Å². The Balaban J connectivity index is 1.25. The smallest absolute Gasteiger partial charge is 0.294 e. The number of imide groups is 1. The third-order valence-electron chi connectivity index (χ3n) is 5.82. The molecule has 4 aromatic carbocycles. The van der Waals surface area contributed by atoms with Gasteiger partial charge in [-0.25, -0.2) is 4.39 Å². The molecule has 10 heteroatoms. The largest absolute Gasteiger partial charge is 0.486 e. The molecule has 0 radical (unpaired) electrons. The fourth-order valence-corrected chi connectivity index (χ4v) is 5.40. The van der Waals surface area contributed by atoms with Gasteiger partial charge in [0.05, 0.1) is 15.0 Å². The Bertz CT molecular complexity index is 1620. The van der Waals surface area contributed by atoms with Gasteiger partial charge in [-0.15, -0.1) is 0 Å². The summed E-state index contributed by atoms with van der Waals surface area (Å²) in [6.07, 6.45) is 1.48. The SMILES string of the molecule is O=C(CN1C(=O)S/C(=C\c2cc(Cl)c(OCc3ccc4ccccc4c3)c(Cl)c2)C1=O)Nc1ccc(F)cc1. The zero-order chi connectivity index (χ0) is 27.5. The number of hydrogen-bond acceptors (Lipinski definition) is 5. The second-order valence-corrected chi connectivity index (χ2v) is 10.4. The van der Waals surface area contributed by atoms with E-state index in [0.29, 0.717) is 28.8 Å². The predicted molar refractivity (Wildman–Crippen MR) is 152 cm³/mol. The minimum absolute atomic E-state index is 0.117. The van der Waals surface area contributed by atoms with Gasteiger partial charge >= 0.3 is 0 Å². The van der Waals surface area contributed by atoms with Crippen molar-refractivity contribution in [3.63, 3.8) is 0 Å². The van der Waals surface area contributed by atoms with Crippen LogP contribution in [0.2, 0.25) is 10.0 Å². The normalized spacial score (nSPS) is 14.3. The zero-order valence-electron chi connectivity index (χ0n) is 20.1. The minimum Gasteiger partial charge on any atom is -0.486 e. The van der Waals surface area contributed by atoms with Crippen molar-refractivity contribution in [1.29, 1.82) is 0 Å². The molecule has 0 bridgehead atoms. The average molecular weight is 581 g/mol. The van der Waals surface area contributed by atoms with E-state index in [1.165, 1.54) is 30.3 Å². The number of ether oxygens (including phenoxy) is 1. The lowest BCUT2D eigenvalue weighted by molar-refractivity contribution is -0.127. The first-order valence-corrected chi connectivity index (χ1v) is 13.2. The number of anilines is 1. The molecule has 0 aliphatic carbocycles. The van der Waals surface area contributed by atoms with Gasteiger partial charge in [0.1, 0.15) is 19.0 Å². The van der Waals surface area contributed by atoms with E-state index >= 15 is 0 Å². The molecule has 1 heterocycles. The summed E-state index contributed by atoms with van der Waals surface area (Å²) in [4.78, 5) is 38.6. The molecule has 0 spiro atoms. The molecule has 1 N–H and O–H groups in total. The number of thioether (sulfide) groups is 1. The summed E-state index contributed by atoms with van der Waals surface area (Å²) in [5.41, 5.74) is 1.78. The van der Waals surface area contributed by atoms with Gasteiger partial charge in [-0.3, -0.25) is 19.3 Å². The molecular weight excluding hydrogens is 562 g/mol. The second-order valence-electron chi connectivity index (χ2n) is 8.61. The van der Waals surface area contributed by atoms with E-state index in [2.05, 4.69) is 5.32 Å². The summed E-state index contributed by atoms with van der Waals surface area (Å²) in [6, 6.07) is 22.3. The average Bonchev–Trinajstić information content (AvgIpc) is 3.16. The Morgan fingerprint density at radius 1 is 0.949 bits per heavy atom. The first kappa shape index (κ1) is 26.7. The van der Waals surface area contributed by atoms with Crippen LogP contribution < -0.4 is 10.1 Å². The molecule has 6 nitrogen and oxygen atoms in total. The Hall–Kier alpha value is -3.85. The molecule has 0 atom stereocenters. The van der Waals surface area contributed by atoms with E-state index in [4.69, 9.17) is 27.9 Å². The molecule has 0 saturated carbocycles. The number of carbonyl (C=O) groups is 3. The van der Waals surface area contributed by atoms with Gasteiger partial charge in [-0.05, 0) is 82.2 Å². The molecular formula is C29H19Cl2FN2O4S. The Labute approximate surface area is 237 Å². The fourth-order valence-electron chi connectivity index (χ4n) is 3.95. The van der Waals surface area contributed by atoms with Crippen LogP contribution in [0.3, 0.4) is 0 Å². The minimum atomic E-state index is -0.622. The van der Waals surface area contributed by atoms with E-state index in [0.717, 1.165) is 21.2 Å². The number of carbonyl (C=O) groups excluding carboxylic acids is 3. The van der Waals surface area contributed by atoms with Gasteiger partial charge in [0.2, 0.25) is 5.91 Å². The van der Waals surface area contributed by atoms with Crippen LogP contribution in [0.1, 0.15) is 11.1 Å². The monoisotopic (exact) mass is 580 g/mol. The van der Waals surface area contributed by atoms with Gasteiger partial charge in [-0.2, -0.15) is 0 Å². The molecule has 1 fully saturated rings. The number of halogens is 3. The summed E-state index contributed by atoms with van der Waals surface area (Å²) in [5, 5.41) is 4.64. The molecule has 1 aliphatic heterocycles. The van der Waals surface area contributed by atoms with Crippen LogP contribution in [0, 0.1) is 5.82 Å². The Morgan fingerprint density at radius 3 is 2.36 bits per heavy atom. The van der Waals surface area contributed by atoms with Gasteiger partial charge in [-0.1, -0.05) is 59.6 Å². The molecule has 1 aliphatic rings. The summed E-state index contributed by atoms with van der Waals surface area (Å²) in [7, 11) is 0. The fraction of sp³-hybridized carbons (Fsp3) is 0.0690. The maximum absolute atomic E-state index is 13.1. The maximum atomic E-state index is 13.1. The molecule has 0 aromatic heterocycles. The molecule has 5 rings (SSSR count). The van der Waals surface area contributed by atoms with Crippen molar-refractivity contribution in [2.45, 2.75) is 6.61 Å². The summed E-state index contributed by atoms with van der Waals surface area (Å²) in [6.45, 7) is -0.231. The summed E-state index contributed by atoms with van der Waals surface area (Å²) in [5.74, 6) is -1.37. The van der Waals surface area contributed by atoms with E-state index in [9.17, 15) is 18.8 Å². The first-order valence-electron chi connectivity index (χ1n) is 11.7. The quantitative estimate of drug-likeness (QED) is 0.228. The molecule has 3 amide bonds. The third kappa shape index (κ3) is 6.25. The zero-order valence-corrected chi connectivity index (χ0v) is 22.4. The van der Waals surface area contributed by atoms with Crippen molar-refractivity contribution in [2.75, 3.05) is 11.9 Å². The highest BCUT2D eigenvalue weighted by Gasteiger charge is 2.36. The van der Waals surface area contributed by atoms with E-state index in [1.807, 2.05) is 42.5 Å². The number of nitrogens with one attached hydrogen (secondary N) is 1. The first-order chi connectivity index (χ1) is 18.8. The lowest BCUT2D eigenvalue weighted by Crippen LogP contribution is -2.36. The lowest BCUT2D eigenvalue weighted by atomic mass is 10.1. The number of benzene rings is 4. The number of nitrogens with zero attached hydrogens (tertiary/aromatic N) is 1. The van der Waals surface area contributed by atoms with Gasteiger partial charge < -0.3 is 10.1 Å². The van der Waals surface area contributed by atoms with Crippen LogP contribution in [0.25, 0.3) is 16.8 Å². The number of rotatable bonds is 7. The van der Waals surface area contributed by atoms with Crippen molar-refractivity contribution in [2.24, 2.45) is 0 Å². The highest BCUT2D eigenvalue weighted by molar-refractivity contribution is 8.18. The van der Waals surface area contributed by atoms with Crippen LogP contribution in [-0.4, -0.2) is 28.5 Å². The van der Waals surface area contributed by atoms with E-state index < -0.39 is 29.4 Å². The van der Waals surface area contributed by atoms with Crippen LogP contribution in [0.4, 0.5) is 14.9 Å². The summed E-state index contributed by atoms with van der Waals surface area (Å²) >= 11 is 13.6. The lowest BCUT2D eigenvalue weighted by Gasteiger charge is -2.13. The van der Waals surface area contributed by atoms with Crippen LogP contribution >= 0.6 is 35.0 Å². The third-order valence-corrected chi connectivity index (χ3v) is 7.29. The van der Waals surface area contributed by atoms with E-state index in [-0.39, 0.29) is 21.6 Å². The molecule has 39 heavy (non-hydrogen) atoms. The predicted octanol–water partition coefficient (Wildman–Crippen LogP) is 7.54. The Kier molecular flexibility index (Phi) is 7.88. The molecule has 1 saturated heterocycles. The van der Waals surface area contributed by atoms with Crippen molar-refractivity contribution < 1.29 is 23.5 Å². The Morgan fingerprint density at radius 2 is 1.64 bits per heavy atom. The van der Waals surface area contributed by atoms with Crippen molar-refractivity contribution in [3.8, 4) is 5.75 Å². The van der Waals surface area contributed by atoms with Crippen molar-refractivity contribution in [1.82, 2.24) is 4.90 Å². The number of amides is 3. The standard InChI is InChI=1S/C29H19Cl2FN2O4S/c30-23-12-18(13-24(31)27(23)38-16-17-5-6-19-3-1-2-4-20(19)11-17)14-25-28(36)34(29(37)39-25)15-26(35)33-22-9-7-21(32)8-10-22/h1-14H,15-16H2,(H,33,35)/b25-14-. The highest BCUT2D eigenvalue weighted by Crippen LogP contribution is 2.38. The number of hydrogen-bond donors (Lipinski definition) is 1. The molecule has 0 unspecified atom stereocenters. The van der Waals surface area contributed by atoms with Crippen LogP contribution in [0.5, 0.6) is 5.75 Å². The second kappa shape index (κ2) is 11.5. The van der Waals surface area contributed by atoms with Crippen LogP contribution in [-0.2, 0) is 16.2 Å².